The Labute approximate surface area is 186 Å². The van der Waals surface area contributed by atoms with Crippen molar-refractivity contribution in [3.05, 3.63) is 23.3 Å². The smallest absolute Gasteiger partial charge is 0.462 e. The van der Waals surface area contributed by atoms with Crippen molar-refractivity contribution in [1.29, 1.82) is 0 Å². The SMILES string of the molecule is COc1ccc(CB2OC3C[C@@H]4C[C@@H](C4(C)C)[C@]3(C)O2)c(OC)c1C(=O)OC(C)(C)C. The van der Waals surface area contributed by atoms with E-state index in [2.05, 4.69) is 20.8 Å². The minimum atomic E-state index is -0.626. The molecule has 0 spiro atoms. The first kappa shape index (κ1) is 22.5. The van der Waals surface area contributed by atoms with Crippen LogP contribution < -0.4 is 9.47 Å². The summed E-state index contributed by atoms with van der Waals surface area (Å²) < 4.78 is 29.7. The summed E-state index contributed by atoms with van der Waals surface area (Å²) in [4.78, 5) is 12.9. The molecule has 7 heteroatoms. The van der Waals surface area contributed by atoms with Crippen LogP contribution in [0.4, 0.5) is 0 Å². The molecular weight excluding hydrogens is 395 g/mol. The van der Waals surface area contributed by atoms with E-state index >= 15 is 0 Å². The van der Waals surface area contributed by atoms with E-state index in [9.17, 15) is 4.79 Å². The van der Waals surface area contributed by atoms with Crippen LogP contribution in [0.5, 0.6) is 11.5 Å². The number of hydrogen-bond donors (Lipinski definition) is 0. The van der Waals surface area contributed by atoms with Crippen LogP contribution in [-0.2, 0) is 20.4 Å². The van der Waals surface area contributed by atoms with Gasteiger partial charge >= 0.3 is 13.1 Å². The van der Waals surface area contributed by atoms with Crippen LogP contribution in [0.15, 0.2) is 12.1 Å². The summed E-state index contributed by atoms with van der Waals surface area (Å²) in [6.45, 7) is 12.4. The van der Waals surface area contributed by atoms with Gasteiger partial charge in [0.05, 0.1) is 25.9 Å². The minimum Gasteiger partial charge on any atom is -0.496 e. The van der Waals surface area contributed by atoms with E-state index in [0.717, 1.165) is 12.0 Å². The molecule has 4 aliphatic rings. The third-order valence-electron chi connectivity index (χ3n) is 7.62. The van der Waals surface area contributed by atoms with Crippen LogP contribution in [0.3, 0.4) is 0 Å². The van der Waals surface area contributed by atoms with Gasteiger partial charge in [-0.1, -0.05) is 19.9 Å². The molecule has 1 unspecified atom stereocenters. The van der Waals surface area contributed by atoms with E-state index in [-0.39, 0.29) is 18.8 Å². The zero-order chi connectivity index (χ0) is 22.8. The largest absolute Gasteiger partial charge is 0.496 e. The van der Waals surface area contributed by atoms with Gasteiger partial charge in [0, 0.05) is 6.32 Å². The topological polar surface area (TPSA) is 63.2 Å². The lowest BCUT2D eigenvalue weighted by Crippen LogP contribution is -2.65. The summed E-state index contributed by atoms with van der Waals surface area (Å²) in [6, 6.07) is 3.69. The molecule has 1 aromatic carbocycles. The molecule has 3 aliphatic carbocycles. The summed E-state index contributed by atoms with van der Waals surface area (Å²) >= 11 is 0. The van der Waals surface area contributed by atoms with Gasteiger partial charge in [-0.05, 0) is 69.4 Å². The Kier molecular flexibility index (Phi) is 5.37. The number of carbonyl (C=O) groups excluding carboxylic acids is 1. The van der Waals surface area contributed by atoms with Gasteiger partial charge in [0.1, 0.15) is 22.7 Å². The van der Waals surface area contributed by atoms with Gasteiger partial charge in [-0.15, -0.1) is 0 Å². The fourth-order valence-corrected chi connectivity index (χ4v) is 5.91. The predicted molar refractivity (Wildman–Crippen MR) is 119 cm³/mol. The van der Waals surface area contributed by atoms with E-state index in [4.69, 9.17) is 23.5 Å². The maximum atomic E-state index is 12.9. The lowest BCUT2D eigenvalue weighted by atomic mass is 9.43. The normalized spacial score (nSPS) is 31.0. The maximum Gasteiger partial charge on any atom is 0.462 e. The highest BCUT2D eigenvalue weighted by Crippen LogP contribution is 2.65. The Morgan fingerprint density at radius 2 is 1.87 bits per heavy atom. The van der Waals surface area contributed by atoms with Crippen molar-refractivity contribution in [2.24, 2.45) is 17.3 Å². The number of methoxy groups -OCH3 is 2. The summed E-state index contributed by atoms with van der Waals surface area (Å²) in [6.07, 6.45) is 2.86. The fourth-order valence-electron chi connectivity index (χ4n) is 5.91. The summed E-state index contributed by atoms with van der Waals surface area (Å²) in [7, 11) is 2.71. The maximum absolute atomic E-state index is 12.9. The molecule has 4 atom stereocenters. The van der Waals surface area contributed by atoms with Gasteiger partial charge in [-0.2, -0.15) is 0 Å². The van der Waals surface area contributed by atoms with E-state index in [1.54, 1.807) is 13.2 Å². The first-order valence-corrected chi connectivity index (χ1v) is 11.2. The molecule has 2 bridgehead atoms. The fraction of sp³-hybridized carbons (Fsp3) is 0.708. The molecule has 4 fully saturated rings. The lowest BCUT2D eigenvalue weighted by Gasteiger charge is -2.64. The highest BCUT2D eigenvalue weighted by Gasteiger charge is 2.67. The molecule has 1 aliphatic heterocycles. The second kappa shape index (κ2) is 7.41. The summed E-state index contributed by atoms with van der Waals surface area (Å²) in [5.74, 6) is 1.60. The van der Waals surface area contributed by atoms with Gasteiger partial charge in [-0.3, -0.25) is 0 Å². The number of ether oxygens (including phenoxy) is 3. The molecule has 1 heterocycles. The first-order valence-electron chi connectivity index (χ1n) is 11.2. The zero-order valence-electron chi connectivity index (χ0n) is 20.0. The van der Waals surface area contributed by atoms with Crippen LogP contribution >= 0.6 is 0 Å². The van der Waals surface area contributed by atoms with Crippen molar-refractivity contribution in [3.63, 3.8) is 0 Å². The van der Waals surface area contributed by atoms with Crippen molar-refractivity contribution in [2.45, 2.75) is 78.0 Å². The van der Waals surface area contributed by atoms with E-state index < -0.39 is 11.6 Å². The van der Waals surface area contributed by atoms with Crippen LogP contribution in [0.25, 0.3) is 0 Å². The zero-order valence-corrected chi connectivity index (χ0v) is 20.0. The number of hydrogen-bond acceptors (Lipinski definition) is 6. The molecular formula is C24H35BO6. The van der Waals surface area contributed by atoms with Crippen molar-refractivity contribution in [1.82, 2.24) is 0 Å². The molecule has 31 heavy (non-hydrogen) atoms. The van der Waals surface area contributed by atoms with Crippen molar-refractivity contribution >= 4 is 13.1 Å². The molecule has 3 saturated carbocycles. The second-order valence-electron chi connectivity index (χ2n) is 10.9. The second-order valence-corrected chi connectivity index (χ2v) is 10.9. The number of esters is 1. The molecule has 1 saturated heterocycles. The molecule has 6 nitrogen and oxygen atoms in total. The van der Waals surface area contributed by atoms with Gasteiger partial charge < -0.3 is 23.5 Å². The third kappa shape index (κ3) is 3.64. The van der Waals surface area contributed by atoms with Crippen LogP contribution in [0, 0.1) is 17.3 Å². The molecule has 5 rings (SSSR count). The summed E-state index contributed by atoms with van der Waals surface area (Å²) in [5, 5.41) is 0. The lowest BCUT2D eigenvalue weighted by molar-refractivity contribution is -0.199. The molecule has 170 valence electrons. The highest BCUT2D eigenvalue weighted by atomic mass is 16.7. The number of carbonyl (C=O) groups is 1. The van der Waals surface area contributed by atoms with E-state index in [0.29, 0.717) is 40.6 Å². The first-order chi connectivity index (χ1) is 14.4. The van der Waals surface area contributed by atoms with Crippen LogP contribution in [-0.4, -0.2) is 44.6 Å². The monoisotopic (exact) mass is 430 g/mol. The van der Waals surface area contributed by atoms with Gasteiger partial charge in [-0.25, -0.2) is 4.79 Å². The molecule has 0 radical (unpaired) electrons. The molecule has 0 amide bonds. The molecule has 1 aromatic rings. The number of benzene rings is 1. The Balaban J connectivity index is 1.60. The highest BCUT2D eigenvalue weighted by molar-refractivity contribution is 6.45. The average Bonchev–Trinajstić information content (AvgIpc) is 3.01. The molecule has 0 N–H and O–H groups in total. The van der Waals surface area contributed by atoms with E-state index in [1.807, 2.05) is 26.8 Å². The standard InChI is InChI=1S/C24H35BO6/c1-22(2,3)29-21(26)19-16(27-7)10-9-14(20(19)28-8)13-25-30-18-12-15-11-17(23(15,4)5)24(18,6)31-25/h9-10,15,17-18H,11-13H2,1-8H3/t15-,17-,18?,24-/m0/s1. The summed E-state index contributed by atoms with van der Waals surface area (Å²) in [5.41, 5.74) is 0.533. The minimum absolute atomic E-state index is 0.115. The quantitative estimate of drug-likeness (QED) is 0.508. The van der Waals surface area contributed by atoms with Gasteiger partial charge in [0.25, 0.3) is 0 Å². The Bertz CT molecular complexity index is 876. The van der Waals surface area contributed by atoms with Gasteiger partial charge in [0.2, 0.25) is 0 Å². The van der Waals surface area contributed by atoms with Crippen molar-refractivity contribution < 1.29 is 28.3 Å². The Morgan fingerprint density at radius 1 is 1.16 bits per heavy atom. The molecule has 0 aromatic heterocycles. The Hall–Kier alpha value is -1.73. The van der Waals surface area contributed by atoms with E-state index in [1.165, 1.54) is 13.5 Å². The van der Waals surface area contributed by atoms with Crippen molar-refractivity contribution in [3.8, 4) is 11.5 Å². The predicted octanol–water partition coefficient (Wildman–Crippen LogP) is 4.47. The number of rotatable bonds is 5. The average molecular weight is 430 g/mol. The Morgan fingerprint density at radius 3 is 2.45 bits per heavy atom. The van der Waals surface area contributed by atoms with Crippen LogP contribution in [0.1, 0.15) is 70.3 Å². The van der Waals surface area contributed by atoms with Crippen molar-refractivity contribution in [2.75, 3.05) is 14.2 Å². The van der Waals surface area contributed by atoms with Gasteiger partial charge in [0.15, 0.2) is 0 Å². The van der Waals surface area contributed by atoms with Crippen LogP contribution in [0.2, 0.25) is 0 Å². The third-order valence-corrected chi connectivity index (χ3v) is 7.62.